The second-order valence-electron chi connectivity index (χ2n) is 5.88. The van der Waals surface area contributed by atoms with Crippen LogP contribution in [-0.2, 0) is 9.59 Å². The number of fused-ring (bicyclic) bond motifs is 1. The van der Waals surface area contributed by atoms with Gasteiger partial charge in [0, 0.05) is 12.7 Å². The predicted octanol–water partition coefficient (Wildman–Crippen LogP) is 2.34. The lowest BCUT2D eigenvalue weighted by Gasteiger charge is -2.33. The largest absolute Gasteiger partial charge is 0.482 e. The van der Waals surface area contributed by atoms with E-state index in [9.17, 15) is 9.59 Å². The van der Waals surface area contributed by atoms with E-state index in [1.807, 2.05) is 12.1 Å². The Balaban J connectivity index is 1.70. The molecule has 0 aromatic heterocycles. The standard InChI is InChI=1S/C19H19NO6/c1-12-18(26-16-6-4-3-5-15(16)25-12)19(23)20(2)13-7-9-14(10-8-13)24-11-17(21)22/h3-10,12,18H,11H2,1-2H3,(H,21,22). The summed E-state index contributed by atoms with van der Waals surface area (Å²) in [6.45, 7) is 1.37. The predicted molar refractivity (Wildman–Crippen MR) is 93.9 cm³/mol. The van der Waals surface area contributed by atoms with Crippen molar-refractivity contribution in [1.29, 1.82) is 0 Å². The summed E-state index contributed by atoms with van der Waals surface area (Å²) in [5, 5.41) is 8.63. The second kappa shape index (κ2) is 7.35. The second-order valence-corrected chi connectivity index (χ2v) is 5.88. The molecule has 0 radical (unpaired) electrons. The molecule has 26 heavy (non-hydrogen) atoms. The summed E-state index contributed by atoms with van der Waals surface area (Å²) in [6.07, 6.45) is -1.20. The quantitative estimate of drug-likeness (QED) is 0.884. The summed E-state index contributed by atoms with van der Waals surface area (Å²) in [5.74, 6) is 0.272. The molecule has 136 valence electrons. The van der Waals surface area contributed by atoms with Crippen LogP contribution < -0.4 is 19.1 Å². The maximum atomic E-state index is 12.8. The van der Waals surface area contributed by atoms with Gasteiger partial charge in [0.05, 0.1) is 0 Å². The summed E-state index contributed by atoms with van der Waals surface area (Å²) < 4.78 is 16.7. The number of rotatable bonds is 5. The zero-order valence-corrected chi connectivity index (χ0v) is 14.4. The van der Waals surface area contributed by atoms with Crippen LogP contribution in [0.5, 0.6) is 17.2 Å². The van der Waals surface area contributed by atoms with Crippen molar-refractivity contribution in [1.82, 2.24) is 0 Å². The number of likely N-dealkylation sites (N-methyl/N-ethyl adjacent to an activating group) is 1. The molecule has 1 aliphatic rings. The van der Waals surface area contributed by atoms with Gasteiger partial charge in [-0.3, -0.25) is 4.79 Å². The Bertz CT molecular complexity index is 804. The zero-order valence-electron chi connectivity index (χ0n) is 14.4. The fourth-order valence-electron chi connectivity index (χ4n) is 2.62. The first-order valence-corrected chi connectivity index (χ1v) is 8.10. The smallest absolute Gasteiger partial charge is 0.341 e. The van der Waals surface area contributed by atoms with Crippen LogP contribution in [0.3, 0.4) is 0 Å². The molecule has 0 aliphatic carbocycles. The number of anilines is 1. The Hall–Kier alpha value is -3.22. The minimum Gasteiger partial charge on any atom is -0.482 e. The van der Waals surface area contributed by atoms with Gasteiger partial charge in [-0.05, 0) is 43.3 Å². The molecule has 1 N–H and O–H groups in total. The van der Waals surface area contributed by atoms with Gasteiger partial charge in [0.25, 0.3) is 5.91 Å². The van der Waals surface area contributed by atoms with E-state index in [0.717, 1.165) is 0 Å². The molecule has 0 saturated heterocycles. The number of carboxylic acids is 1. The molecule has 1 aliphatic heterocycles. The molecule has 1 amide bonds. The molecule has 2 atom stereocenters. The van der Waals surface area contributed by atoms with Gasteiger partial charge in [-0.1, -0.05) is 12.1 Å². The van der Waals surface area contributed by atoms with E-state index >= 15 is 0 Å². The summed E-state index contributed by atoms with van der Waals surface area (Å²) in [5.41, 5.74) is 0.632. The van der Waals surface area contributed by atoms with Crippen LogP contribution in [0.25, 0.3) is 0 Å². The van der Waals surface area contributed by atoms with Gasteiger partial charge < -0.3 is 24.2 Å². The van der Waals surface area contributed by atoms with Crippen molar-refractivity contribution in [3.63, 3.8) is 0 Å². The van der Waals surface area contributed by atoms with Gasteiger partial charge in [0.15, 0.2) is 18.1 Å². The minimum absolute atomic E-state index is 0.244. The van der Waals surface area contributed by atoms with Gasteiger partial charge >= 0.3 is 5.97 Å². The van der Waals surface area contributed by atoms with Crippen LogP contribution >= 0.6 is 0 Å². The molecule has 0 spiro atoms. The lowest BCUT2D eigenvalue weighted by molar-refractivity contribution is -0.139. The van der Waals surface area contributed by atoms with E-state index in [4.69, 9.17) is 19.3 Å². The Morgan fingerprint density at radius 3 is 2.31 bits per heavy atom. The van der Waals surface area contributed by atoms with Crippen molar-refractivity contribution in [2.45, 2.75) is 19.1 Å². The highest BCUT2D eigenvalue weighted by molar-refractivity contribution is 5.97. The molecular weight excluding hydrogens is 338 g/mol. The molecule has 2 aromatic rings. The number of benzene rings is 2. The van der Waals surface area contributed by atoms with Crippen LogP contribution in [0.4, 0.5) is 5.69 Å². The lowest BCUT2D eigenvalue weighted by Crippen LogP contribution is -2.49. The summed E-state index contributed by atoms with van der Waals surface area (Å²) in [6, 6.07) is 13.8. The number of nitrogens with zero attached hydrogens (tertiary/aromatic N) is 1. The molecule has 2 aromatic carbocycles. The third-order valence-electron chi connectivity index (χ3n) is 4.00. The minimum atomic E-state index is -1.05. The van der Waals surface area contributed by atoms with Crippen molar-refractivity contribution in [2.75, 3.05) is 18.6 Å². The van der Waals surface area contributed by atoms with E-state index in [1.165, 1.54) is 4.90 Å². The summed E-state index contributed by atoms with van der Waals surface area (Å²) in [7, 11) is 1.64. The number of para-hydroxylation sites is 2. The zero-order chi connectivity index (χ0) is 18.7. The van der Waals surface area contributed by atoms with Crippen LogP contribution in [0.15, 0.2) is 48.5 Å². The van der Waals surface area contributed by atoms with Gasteiger partial charge in [-0.2, -0.15) is 0 Å². The van der Waals surface area contributed by atoms with E-state index in [2.05, 4.69) is 0 Å². The van der Waals surface area contributed by atoms with Crippen LogP contribution in [0.1, 0.15) is 6.92 Å². The monoisotopic (exact) mass is 357 g/mol. The van der Waals surface area contributed by atoms with Crippen LogP contribution in [0, 0.1) is 0 Å². The molecule has 1 heterocycles. The SMILES string of the molecule is CC1Oc2ccccc2OC1C(=O)N(C)c1ccc(OCC(=O)O)cc1. The summed E-state index contributed by atoms with van der Waals surface area (Å²) >= 11 is 0. The fraction of sp³-hybridized carbons (Fsp3) is 0.263. The number of amides is 1. The fourth-order valence-corrected chi connectivity index (χ4v) is 2.62. The van der Waals surface area contributed by atoms with Gasteiger partial charge in [0.1, 0.15) is 11.9 Å². The highest BCUT2D eigenvalue weighted by Gasteiger charge is 2.36. The number of hydrogen-bond acceptors (Lipinski definition) is 5. The Labute approximate surface area is 150 Å². The molecule has 2 unspecified atom stereocenters. The lowest BCUT2D eigenvalue weighted by atomic mass is 10.1. The van der Waals surface area contributed by atoms with E-state index in [0.29, 0.717) is 22.9 Å². The average Bonchev–Trinajstić information content (AvgIpc) is 2.65. The maximum absolute atomic E-state index is 12.8. The third-order valence-corrected chi connectivity index (χ3v) is 4.00. The number of carbonyl (C=O) groups excluding carboxylic acids is 1. The van der Waals surface area contributed by atoms with Gasteiger partial charge in [-0.25, -0.2) is 4.79 Å². The molecule has 0 bridgehead atoms. The first kappa shape index (κ1) is 17.6. The molecule has 7 heteroatoms. The van der Waals surface area contributed by atoms with Crippen molar-refractivity contribution in [2.24, 2.45) is 0 Å². The van der Waals surface area contributed by atoms with Crippen molar-refractivity contribution in [3.05, 3.63) is 48.5 Å². The number of hydrogen-bond donors (Lipinski definition) is 1. The first-order valence-electron chi connectivity index (χ1n) is 8.10. The van der Waals surface area contributed by atoms with Gasteiger partial charge in [0.2, 0.25) is 6.10 Å². The Morgan fingerprint density at radius 2 is 1.69 bits per heavy atom. The maximum Gasteiger partial charge on any atom is 0.341 e. The third kappa shape index (κ3) is 3.72. The Morgan fingerprint density at radius 1 is 1.08 bits per heavy atom. The van der Waals surface area contributed by atoms with Crippen molar-refractivity contribution < 1.29 is 28.9 Å². The van der Waals surface area contributed by atoms with Gasteiger partial charge in [-0.15, -0.1) is 0 Å². The molecule has 0 saturated carbocycles. The van der Waals surface area contributed by atoms with Crippen LogP contribution in [-0.4, -0.2) is 42.8 Å². The molecule has 0 fully saturated rings. The van der Waals surface area contributed by atoms with Crippen molar-refractivity contribution in [3.8, 4) is 17.2 Å². The van der Waals surface area contributed by atoms with E-state index < -0.39 is 24.8 Å². The molecule has 7 nitrogen and oxygen atoms in total. The number of carboxylic acid groups (broad SMARTS) is 1. The number of carbonyl (C=O) groups is 2. The highest BCUT2D eigenvalue weighted by atomic mass is 16.6. The number of aliphatic carboxylic acids is 1. The summed E-state index contributed by atoms with van der Waals surface area (Å²) in [4.78, 5) is 24.8. The van der Waals surface area contributed by atoms with E-state index in [-0.39, 0.29) is 5.91 Å². The topological polar surface area (TPSA) is 85.3 Å². The highest BCUT2D eigenvalue weighted by Crippen LogP contribution is 2.34. The Kier molecular flexibility index (Phi) is 4.97. The number of ether oxygens (including phenoxy) is 3. The van der Waals surface area contributed by atoms with Crippen molar-refractivity contribution >= 4 is 17.6 Å². The van der Waals surface area contributed by atoms with Crippen LogP contribution in [0.2, 0.25) is 0 Å². The molecule has 3 rings (SSSR count). The van der Waals surface area contributed by atoms with E-state index in [1.54, 1.807) is 50.4 Å². The molecular formula is C19H19NO6. The average molecular weight is 357 g/mol. The first-order chi connectivity index (χ1) is 12.5. The normalized spacial score (nSPS) is 18.1.